The monoisotopic (exact) mass is 405 g/mol. The summed E-state index contributed by atoms with van der Waals surface area (Å²) in [5.41, 5.74) is 3.62. The van der Waals surface area contributed by atoms with E-state index in [0.29, 0.717) is 30.9 Å². The normalized spacial score (nSPS) is 11.6. The van der Waals surface area contributed by atoms with Gasteiger partial charge in [0.05, 0.1) is 17.3 Å². The number of aryl methyl sites for hydroxylation is 1. The van der Waals surface area contributed by atoms with Crippen LogP contribution in [0, 0.1) is 24.6 Å². The highest BCUT2D eigenvalue weighted by molar-refractivity contribution is 5.87. The highest BCUT2D eigenvalue weighted by Gasteiger charge is 2.15. The van der Waals surface area contributed by atoms with Gasteiger partial charge in [-0.1, -0.05) is 12.1 Å². The molecule has 1 atom stereocenters. The fraction of sp³-hybridized carbons (Fsp3) is 0.250. The zero-order chi connectivity index (χ0) is 21.5. The molecular weight excluding hydrogens is 381 g/mol. The molecule has 0 fully saturated rings. The van der Waals surface area contributed by atoms with Crippen molar-refractivity contribution >= 4 is 5.97 Å². The number of carboxylic acids is 1. The summed E-state index contributed by atoms with van der Waals surface area (Å²) in [6.45, 7) is 4.61. The SMILES string of the molecule is CC#CCC(c1ccc(F)cc1)n1cccc1CNCc1cc(C(=O)O)cc(C)n1. The van der Waals surface area contributed by atoms with Crippen LogP contribution in [0.25, 0.3) is 0 Å². The molecule has 154 valence electrons. The van der Waals surface area contributed by atoms with E-state index < -0.39 is 5.97 Å². The standard InChI is InChI=1S/C24H24FN3O2/c1-3-4-7-23(18-8-10-20(25)11-9-18)28-12-5-6-22(28)16-26-15-21-14-19(24(29)30)13-17(2)27-21/h5-6,8-14,23,26H,7,15-16H2,1-2H3,(H,29,30). The molecule has 0 amide bonds. The van der Waals surface area contributed by atoms with Gasteiger partial charge in [-0.15, -0.1) is 11.8 Å². The van der Waals surface area contributed by atoms with E-state index in [9.17, 15) is 14.3 Å². The second-order valence-corrected chi connectivity index (χ2v) is 7.00. The molecule has 2 heterocycles. The van der Waals surface area contributed by atoms with Gasteiger partial charge in [0.25, 0.3) is 0 Å². The summed E-state index contributed by atoms with van der Waals surface area (Å²) in [7, 11) is 0. The van der Waals surface area contributed by atoms with Crippen LogP contribution in [-0.4, -0.2) is 20.6 Å². The smallest absolute Gasteiger partial charge is 0.335 e. The van der Waals surface area contributed by atoms with Gasteiger partial charge in [-0.2, -0.15) is 0 Å². The Morgan fingerprint density at radius 3 is 2.70 bits per heavy atom. The average molecular weight is 405 g/mol. The predicted molar refractivity (Wildman–Crippen MR) is 114 cm³/mol. The highest BCUT2D eigenvalue weighted by Crippen LogP contribution is 2.24. The lowest BCUT2D eigenvalue weighted by atomic mass is 10.0. The van der Waals surface area contributed by atoms with Crippen LogP contribution in [0.15, 0.2) is 54.7 Å². The van der Waals surface area contributed by atoms with Crippen molar-refractivity contribution in [2.24, 2.45) is 0 Å². The molecule has 30 heavy (non-hydrogen) atoms. The quantitative estimate of drug-likeness (QED) is 0.548. The molecule has 0 radical (unpaired) electrons. The van der Waals surface area contributed by atoms with Gasteiger partial charge in [-0.3, -0.25) is 4.98 Å². The van der Waals surface area contributed by atoms with Gasteiger partial charge < -0.3 is 15.0 Å². The minimum Gasteiger partial charge on any atom is -0.478 e. The van der Waals surface area contributed by atoms with Crippen LogP contribution < -0.4 is 5.32 Å². The fourth-order valence-electron chi connectivity index (χ4n) is 3.41. The summed E-state index contributed by atoms with van der Waals surface area (Å²) in [6.07, 6.45) is 2.61. The maximum absolute atomic E-state index is 13.4. The Balaban J connectivity index is 1.75. The van der Waals surface area contributed by atoms with Gasteiger partial charge in [-0.05, 0) is 55.8 Å². The molecule has 0 bridgehead atoms. The van der Waals surface area contributed by atoms with E-state index in [4.69, 9.17) is 0 Å². The molecule has 6 heteroatoms. The first-order valence-corrected chi connectivity index (χ1v) is 9.70. The molecule has 0 aliphatic carbocycles. The van der Waals surface area contributed by atoms with Gasteiger partial charge >= 0.3 is 5.97 Å². The van der Waals surface area contributed by atoms with Crippen LogP contribution in [0.5, 0.6) is 0 Å². The number of carbonyl (C=O) groups is 1. The molecule has 0 saturated carbocycles. The van der Waals surface area contributed by atoms with E-state index in [1.165, 1.54) is 12.1 Å². The van der Waals surface area contributed by atoms with E-state index in [1.807, 2.05) is 18.3 Å². The third kappa shape index (κ3) is 5.34. The highest BCUT2D eigenvalue weighted by atomic mass is 19.1. The first-order valence-electron chi connectivity index (χ1n) is 9.70. The molecule has 2 N–H and O–H groups in total. The predicted octanol–water partition coefficient (Wildman–Crippen LogP) is 4.32. The van der Waals surface area contributed by atoms with Gasteiger partial charge in [0.15, 0.2) is 0 Å². The van der Waals surface area contributed by atoms with E-state index in [2.05, 4.69) is 26.7 Å². The zero-order valence-electron chi connectivity index (χ0n) is 17.0. The number of aromatic carboxylic acids is 1. The van der Waals surface area contributed by atoms with Crippen LogP contribution in [-0.2, 0) is 13.1 Å². The van der Waals surface area contributed by atoms with Crippen molar-refractivity contribution in [2.45, 2.75) is 39.4 Å². The minimum atomic E-state index is -0.963. The van der Waals surface area contributed by atoms with E-state index in [1.54, 1.807) is 38.1 Å². The van der Waals surface area contributed by atoms with Crippen LogP contribution >= 0.6 is 0 Å². The third-order valence-electron chi connectivity index (χ3n) is 4.80. The largest absolute Gasteiger partial charge is 0.478 e. The fourth-order valence-corrected chi connectivity index (χ4v) is 3.41. The van der Waals surface area contributed by atoms with Crippen molar-refractivity contribution < 1.29 is 14.3 Å². The topological polar surface area (TPSA) is 67.2 Å². The second kappa shape index (κ2) is 9.86. The van der Waals surface area contributed by atoms with Crippen LogP contribution in [0.1, 0.15) is 52.4 Å². The molecule has 0 aliphatic heterocycles. The molecule has 1 aromatic carbocycles. The Bertz CT molecular complexity index is 1080. The first kappa shape index (κ1) is 21.3. The van der Waals surface area contributed by atoms with Crippen LogP contribution in [0.2, 0.25) is 0 Å². The number of nitrogens with zero attached hydrogens (tertiary/aromatic N) is 2. The maximum atomic E-state index is 13.4. The molecule has 0 spiro atoms. The maximum Gasteiger partial charge on any atom is 0.335 e. The molecule has 0 aliphatic rings. The Morgan fingerprint density at radius 1 is 1.23 bits per heavy atom. The summed E-state index contributed by atoms with van der Waals surface area (Å²) < 4.78 is 15.5. The van der Waals surface area contributed by atoms with Gasteiger partial charge in [0, 0.05) is 37.1 Å². The summed E-state index contributed by atoms with van der Waals surface area (Å²) in [4.78, 5) is 15.6. The van der Waals surface area contributed by atoms with Crippen molar-refractivity contribution in [3.8, 4) is 11.8 Å². The number of nitrogens with one attached hydrogen (secondary N) is 1. The molecule has 3 aromatic rings. The number of benzene rings is 1. The number of halogens is 1. The molecule has 1 unspecified atom stereocenters. The number of rotatable bonds is 8. The number of aromatic nitrogens is 2. The summed E-state index contributed by atoms with van der Waals surface area (Å²) in [6, 6.07) is 13.6. The lowest BCUT2D eigenvalue weighted by molar-refractivity contribution is 0.0696. The zero-order valence-corrected chi connectivity index (χ0v) is 17.0. The first-order chi connectivity index (χ1) is 14.5. The molecule has 2 aromatic heterocycles. The molecular formula is C24H24FN3O2. The summed E-state index contributed by atoms with van der Waals surface area (Å²) in [5, 5.41) is 12.6. The van der Waals surface area contributed by atoms with Crippen molar-refractivity contribution in [2.75, 3.05) is 0 Å². The minimum absolute atomic E-state index is 0.0273. The van der Waals surface area contributed by atoms with Gasteiger partial charge in [0.1, 0.15) is 5.82 Å². The Labute approximate surface area is 175 Å². The number of hydrogen-bond donors (Lipinski definition) is 2. The van der Waals surface area contributed by atoms with Crippen LogP contribution in [0.3, 0.4) is 0 Å². The van der Waals surface area contributed by atoms with Crippen molar-refractivity contribution in [3.05, 3.63) is 88.8 Å². The van der Waals surface area contributed by atoms with Gasteiger partial charge in [-0.25, -0.2) is 9.18 Å². The molecule has 0 saturated heterocycles. The Morgan fingerprint density at radius 2 is 2.00 bits per heavy atom. The lowest BCUT2D eigenvalue weighted by Gasteiger charge is -2.21. The Hall–Kier alpha value is -3.43. The Kier molecular flexibility index (Phi) is 6.99. The van der Waals surface area contributed by atoms with Gasteiger partial charge in [0.2, 0.25) is 0 Å². The molecule has 5 nitrogen and oxygen atoms in total. The van der Waals surface area contributed by atoms with Crippen molar-refractivity contribution in [1.82, 2.24) is 14.9 Å². The average Bonchev–Trinajstić information content (AvgIpc) is 3.17. The van der Waals surface area contributed by atoms with E-state index >= 15 is 0 Å². The van der Waals surface area contributed by atoms with Crippen LogP contribution in [0.4, 0.5) is 4.39 Å². The summed E-state index contributed by atoms with van der Waals surface area (Å²) in [5.74, 6) is 4.84. The lowest BCUT2D eigenvalue weighted by Crippen LogP contribution is -2.19. The number of carboxylic acid groups (broad SMARTS) is 1. The third-order valence-corrected chi connectivity index (χ3v) is 4.80. The van der Waals surface area contributed by atoms with Crippen molar-refractivity contribution in [1.29, 1.82) is 0 Å². The second-order valence-electron chi connectivity index (χ2n) is 7.00. The summed E-state index contributed by atoms with van der Waals surface area (Å²) >= 11 is 0. The van der Waals surface area contributed by atoms with E-state index in [0.717, 1.165) is 11.3 Å². The number of hydrogen-bond acceptors (Lipinski definition) is 3. The van der Waals surface area contributed by atoms with Crippen molar-refractivity contribution in [3.63, 3.8) is 0 Å². The van der Waals surface area contributed by atoms with E-state index in [-0.39, 0.29) is 17.4 Å². The molecule has 3 rings (SSSR count). The number of pyridine rings is 1.